The molecular formula is C13H15ClN2O. The van der Waals surface area contributed by atoms with Crippen LogP contribution in [0.3, 0.4) is 0 Å². The van der Waals surface area contributed by atoms with Gasteiger partial charge in [-0.25, -0.2) is 0 Å². The lowest BCUT2D eigenvalue weighted by Crippen LogP contribution is -2.41. The van der Waals surface area contributed by atoms with Crippen molar-refractivity contribution in [3.05, 3.63) is 28.8 Å². The summed E-state index contributed by atoms with van der Waals surface area (Å²) in [6.45, 7) is 4.94. The molecule has 1 fully saturated rings. The smallest absolute Gasteiger partial charge is 0.0992 e. The molecule has 90 valence electrons. The summed E-state index contributed by atoms with van der Waals surface area (Å²) in [5.74, 6) is 0. The molecule has 2 rings (SSSR count). The largest absolute Gasteiger partial charge is 0.376 e. The highest BCUT2D eigenvalue weighted by molar-refractivity contribution is 6.33. The molecule has 1 aliphatic rings. The minimum absolute atomic E-state index is 0.0994. The van der Waals surface area contributed by atoms with Crippen LogP contribution in [-0.2, 0) is 4.74 Å². The summed E-state index contributed by atoms with van der Waals surface area (Å²) in [4.78, 5) is 0. The van der Waals surface area contributed by atoms with E-state index in [2.05, 4.69) is 25.2 Å². The molecule has 0 bridgehead atoms. The predicted molar refractivity (Wildman–Crippen MR) is 68.2 cm³/mol. The number of ether oxygens (including phenoxy) is 1. The highest BCUT2D eigenvalue weighted by Gasteiger charge is 2.37. The van der Waals surface area contributed by atoms with Crippen LogP contribution in [-0.4, -0.2) is 18.2 Å². The number of benzene rings is 1. The number of rotatable bonds is 2. The summed E-state index contributed by atoms with van der Waals surface area (Å²) in [7, 11) is 0. The van der Waals surface area contributed by atoms with Crippen molar-refractivity contribution in [1.29, 1.82) is 5.26 Å². The molecule has 2 unspecified atom stereocenters. The minimum Gasteiger partial charge on any atom is -0.376 e. The normalized spacial score (nSPS) is 27.8. The van der Waals surface area contributed by atoms with Gasteiger partial charge in [0.1, 0.15) is 0 Å². The van der Waals surface area contributed by atoms with E-state index in [1.807, 2.05) is 6.07 Å². The van der Waals surface area contributed by atoms with Crippen LogP contribution >= 0.6 is 11.6 Å². The first-order valence-electron chi connectivity index (χ1n) is 5.64. The molecule has 1 saturated heterocycles. The number of nitrogens with one attached hydrogen (secondary N) is 1. The third-order valence-corrected chi connectivity index (χ3v) is 3.72. The lowest BCUT2D eigenvalue weighted by atomic mass is 9.94. The first-order chi connectivity index (χ1) is 8.05. The Balaban J connectivity index is 2.22. The van der Waals surface area contributed by atoms with Gasteiger partial charge in [0.2, 0.25) is 0 Å². The van der Waals surface area contributed by atoms with Crippen molar-refractivity contribution >= 4 is 17.3 Å². The minimum atomic E-state index is -0.0994. The van der Waals surface area contributed by atoms with Gasteiger partial charge in [-0.3, -0.25) is 0 Å². The first kappa shape index (κ1) is 12.2. The second kappa shape index (κ2) is 4.56. The number of anilines is 1. The molecule has 3 nitrogen and oxygen atoms in total. The first-order valence-corrected chi connectivity index (χ1v) is 6.02. The zero-order valence-electron chi connectivity index (χ0n) is 9.96. The van der Waals surface area contributed by atoms with Gasteiger partial charge in [-0.1, -0.05) is 11.6 Å². The van der Waals surface area contributed by atoms with E-state index in [0.717, 1.165) is 18.7 Å². The highest BCUT2D eigenvalue weighted by atomic mass is 35.5. The maximum absolute atomic E-state index is 8.78. The Kier molecular flexibility index (Phi) is 3.28. The van der Waals surface area contributed by atoms with Crippen molar-refractivity contribution in [3.63, 3.8) is 0 Å². The third kappa shape index (κ3) is 2.38. The summed E-state index contributed by atoms with van der Waals surface area (Å²) < 4.78 is 5.57. The van der Waals surface area contributed by atoms with E-state index in [1.54, 1.807) is 12.1 Å². The summed E-state index contributed by atoms with van der Waals surface area (Å²) in [6, 6.07) is 7.35. The molecule has 1 heterocycles. The Morgan fingerprint density at radius 1 is 1.59 bits per heavy atom. The van der Waals surface area contributed by atoms with E-state index < -0.39 is 0 Å². The summed E-state index contributed by atoms with van der Waals surface area (Å²) in [5, 5.41) is 12.8. The van der Waals surface area contributed by atoms with Crippen molar-refractivity contribution in [2.24, 2.45) is 0 Å². The maximum Gasteiger partial charge on any atom is 0.0992 e. The van der Waals surface area contributed by atoms with Gasteiger partial charge < -0.3 is 10.1 Å². The molecule has 0 radical (unpaired) electrons. The fourth-order valence-corrected chi connectivity index (χ4v) is 2.22. The molecule has 1 N–H and O–H groups in total. The number of hydrogen-bond acceptors (Lipinski definition) is 3. The van der Waals surface area contributed by atoms with Crippen LogP contribution in [0.15, 0.2) is 18.2 Å². The van der Waals surface area contributed by atoms with Crippen molar-refractivity contribution in [2.45, 2.75) is 31.9 Å². The van der Waals surface area contributed by atoms with Crippen LogP contribution < -0.4 is 5.32 Å². The van der Waals surface area contributed by atoms with E-state index in [-0.39, 0.29) is 11.6 Å². The molecule has 4 heteroatoms. The van der Waals surface area contributed by atoms with Crippen LogP contribution in [0.2, 0.25) is 5.02 Å². The summed E-state index contributed by atoms with van der Waals surface area (Å²) in [6.07, 6.45) is 1.10. The molecule has 0 aromatic heterocycles. The molecule has 0 aliphatic carbocycles. The summed E-state index contributed by atoms with van der Waals surface area (Å²) >= 11 is 6.14. The second-order valence-corrected chi connectivity index (χ2v) is 5.02. The highest BCUT2D eigenvalue weighted by Crippen LogP contribution is 2.32. The lowest BCUT2D eigenvalue weighted by molar-refractivity contribution is 0.105. The average Bonchev–Trinajstić information content (AvgIpc) is 2.62. The Hall–Kier alpha value is -1.24. The number of hydrogen-bond donors (Lipinski definition) is 1. The van der Waals surface area contributed by atoms with Crippen molar-refractivity contribution in [1.82, 2.24) is 0 Å². The van der Waals surface area contributed by atoms with E-state index >= 15 is 0 Å². The molecule has 0 amide bonds. The van der Waals surface area contributed by atoms with Crippen LogP contribution in [0.1, 0.15) is 25.8 Å². The van der Waals surface area contributed by atoms with Gasteiger partial charge in [0.15, 0.2) is 0 Å². The average molecular weight is 251 g/mol. The second-order valence-electron chi connectivity index (χ2n) is 4.61. The fraction of sp³-hybridized carbons (Fsp3) is 0.462. The molecule has 1 aliphatic heterocycles. The predicted octanol–water partition coefficient (Wildman–Crippen LogP) is 3.19. The van der Waals surface area contributed by atoms with Crippen molar-refractivity contribution < 1.29 is 4.74 Å². The number of halogens is 1. The zero-order valence-corrected chi connectivity index (χ0v) is 10.7. The number of nitriles is 1. The lowest BCUT2D eigenvalue weighted by Gasteiger charge is -2.30. The van der Waals surface area contributed by atoms with Crippen molar-refractivity contribution in [3.8, 4) is 6.07 Å². The Morgan fingerprint density at radius 2 is 2.35 bits per heavy atom. The maximum atomic E-state index is 8.78. The van der Waals surface area contributed by atoms with E-state index in [4.69, 9.17) is 21.6 Å². The van der Waals surface area contributed by atoms with Gasteiger partial charge in [-0.05, 0) is 38.5 Å². The molecule has 1 aromatic rings. The molecule has 0 saturated carbocycles. The van der Waals surface area contributed by atoms with Gasteiger partial charge in [0, 0.05) is 6.61 Å². The molecule has 17 heavy (non-hydrogen) atoms. The van der Waals surface area contributed by atoms with Gasteiger partial charge in [0.05, 0.1) is 34.0 Å². The quantitative estimate of drug-likeness (QED) is 0.877. The third-order valence-electron chi connectivity index (χ3n) is 3.40. The number of nitrogens with zero attached hydrogens (tertiary/aromatic N) is 1. The van der Waals surface area contributed by atoms with Crippen LogP contribution in [0, 0.1) is 11.3 Å². The fourth-order valence-electron chi connectivity index (χ4n) is 1.99. The molecular weight excluding hydrogens is 236 g/mol. The topological polar surface area (TPSA) is 45.0 Å². The van der Waals surface area contributed by atoms with Crippen LogP contribution in [0.5, 0.6) is 0 Å². The Bertz CT molecular complexity index is 469. The Labute approximate surface area is 106 Å². The van der Waals surface area contributed by atoms with Crippen LogP contribution in [0.25, 0.3) is 0 Å². The van der Waals surface area contributed by atoms with Gasteiger partial charge >= 0.3 is 0 Å². The molecule has 1 aromatic carbocycles. The molecule has 2 atom stereocenters. The van der Waals surface area contributed by atoms with Gasteiger partial charge in [-0.15, -0.1) is 0 Å². The molecule has 0 spiro atoms. The Morgan fingerprint density at radius 3 is 2.88 bits per heavy atom. The van der Waals surface area contributed by atoms with Gasteiger partial charge in [-0.2, -0.15) is 5.26 Å². The monoisotopic (exact) mass is 250 g/mol. The van der Waals surface area contributed by atoms with E-state index in [1.165, 1.54) is 0 Å². The zero-order chi connectivity index (χ0) is 12.5. The van der Waals surface area contributed by atoms with Gasteiger partial charge in [0.25, 0.3) is 0 Å². The van der Waals surface area contributed by atoms with Crippen LogP contribution in [0.4, 0.5) is 5.69 Å². The van der Waals surface area contributed by atoms with Crippen molar-refractivity contribution in [2.75, 3.05) is 11.9 Å². The standard InChI is InChI=1S/C13H15ClN2O/c1-9-13(2,5-6-17-9)16-12-4-3-10(8-15)7-11(12)14/h3-4,7,9,16H,5-6H2,1-2H3. The van der Waals surface area contributed by atoms with E-state index in [0.29, 0.717) is 10.6 Å². The van der Waals surface area contributed by atoms with E-state index in [9.17, 15) is 0 Å². The SMILES string of the molecule is CC1OCCC1(C)Nc1ccc(C#N)cc1Cl. The summed E-state index contributed by atoms with van der Waals surface area (Å²) in [5.41, 5.74) is 1.32.